The van der Waals surface area contributed by atoms with Gasteiger partial charge in [-0.1, -0.05) is 0 Å². The molecule has 0 bridgehead atoms. The maximum Gasteiger partial charge on any atom is 0.408 e. The van der Waals surface area contributed by atoms with Gasteiger partial charge in [-0.2, -0.15) is 13.2 Å². The van der Waals surface area contributed by atoms with Gasteiger partial charge in [0.1, 0.15) is 6.04 Å². The Labute approximate surface area is 109 Å². The van der Waals surface area contributed by atoms with E-state index in [9.17, 15) is 26.4 Å². The zero-order valence-corrected chi connectivity index (χ0v) is 11.1. The fourth-order valence-corrected chi connectivity index (χ4v) is 4.52. The van der Waals surface area contributed by atoms with E-state index in [1.54, 1.807) is 0 Å². The van der Waals surface area contributed by atoms with Crippen molar-refractivity contribution < 1.29 is 26.4 Å². The van der Waals surface area contributed by atoms with Crippen molar-refractivity contribution in [2.45, 2.75) is 37.9 Å². The molecule has 8 heteroatoms. The molecule has 0 saturated carbocycles. The number of hydrogen-bond acceptors (Lipinski definition) is 3. The molecule has 0 aromatic heterocycles. The number of halogens is 3. The number of nitrogens with zero attached hydrogens (tertiary/aromatic N) is 1. The molecule has 2 saturated heterocycles. The Morgan fingerprint density at radius 3 is 2.42 bits per heavy atom. The highest BCUT2D eigenvalue weighted by molar-refractivity contribution is 7.91. The Kier molecular flexibility index (Phi) is 3.81. The lowest BCUT2D eigenvalue weighted by atomic mass is 10.0. The van der Waals surface area contributed by atoms with Crippen molar-refractivity contribution in [2.75, 3.05) is 18.1 Å². The van der Waals surface area contributed by atoms with Gasteiger partial charge in [0.25, 0.3) is 0 Å². The normalized spacial score (nSPS) is 31.4. The van der Waals surface area contributed by atoms with Crippen LogP contribution in [0.5, 0.6) is 0 Å². The van der Waals surface area contributed by atoms with Crippen molar-refractivity contribution in [1.29, 1.82) is 0 Å². The standard InChI is InChI=1S/C11H16F3NO3S/c12-11(13,14)9-4-1-5-15(9)10(16)8-3-2-6-19(17,18)7-8/h8-9H,1-7H2/t8?,9-/m0/s1. The lowest BCUT2D eigenvalue weighted by Crippen LogP contribution is -2.48. The number of hydrogen-bond donors (Lipinski definition) is 0. The lowest BCUT2D eigenvalue weighted by molar-refractivity contribution is -0.184. The Morgan fingerprint density at radius 2 is 1.84 bits per heavy atom. The van der Waals surface area contributed by atoms with E-state index in [0.717, 1.165) is 4.90 Å². The van der Waals surface area contributed by atoms with Gasteiger partial charge in [-0.25, -0.2) is 8.42 Å². The van der Waals surface area contributed by atoms with Crippen molar-refractivity contribution in [3.05, 3.63) is 0 Å². The monoisotopic (exact) mass is 299 g/mol. The molecule has 0 spiro atoms. The summed E-state index contributed by atoms with van der Waals surface area (Å²) in [7, 11) is -3.29. The first-order chi connectivity index (χ1) is 8.71. The van der Waals surface area contributed by atoms with E-state index >= 15 is 0 Å². The number of alkyl halides is 3. The predicted molar refractivity (Wildman–Crippen MR) is 62.2 cm³/mol. The third-order valence-electron chi connectivity index (χ3n) is 3.73. The molecule has 4 nitrogen and oxygen atoms in total. The minimum Gasteiger partial charge on any atom is -0.330 e. The van der Waals surface area contributed by atoms with Crippen molar-refractivity contribution in [3.63, 3.8) is 0 Å². The van der Waals surface area contributed by atoms with E-state index in [1.165, 1.54) is 0 Å². The van der Waals surface area contributed by atoms with Gasteiger partial charge < -0.3 is 4.90 Å². The highest BCUT2D eigenvalue weighted by atomic mass is 32.2. The van der Waals surface area contributed by atoms with Crippen molar-refractivity contribution in [1.82, 2.24) is 4.90 Å². The lowest BCUT2D eigenvalue weighted by Gasteiger charge is -2.31. The van der Waals surface area contributed by atoms with Crippen LogP contribution in [0.4, 0.5) is 13.2 Å². The Morgan fingerprint density at radius 1 is 1.16 bits per heavy atom. The van der Waals surface area contributed by atoms with E-state index in [2.05, 4.69) is 0 Å². The van der Waals surface area contributed by atoms with Crippen molar-refractivity contribution in [3.8, 4) is 0 Å². The average molecular weight is 299 g/mol. The summed E-state index contributed by atoms with van der Waals surface area (Å²) in [5, 5.41) is 0. The first-order valence-electron chi connectivity index (χ1n) is 6.28. The van der Waals surface area contributed by atoms with E-state index < -0.39 is 33.9 Å². The van der Waals surface area contributed by atoms with Gasteiger partial charge in [0.2, 0.25) is 5.91 Å². The van der Waals surface area contributed by atoms with Gasteiger partial charge in [-0.3, -0.25) is 4.79 Å². The molecule has 0 radical (unpaired) electrons. The number of rotatable bonds is 1. The number of carbonyl (C=O) groups is 1. The topological polar surface area (TPSA) is 54.5 Å². The molecule has 2 aliphatic rings. The van der Waals surface area contributed by atoms with Gasteiger partial charge in [-0.05, 0) is 25.7 Å². The number of amides is 1. The SMILES string of the molecule is O=C(C1CCCS(=O)(=O)C1)N1CCC[C@H]1C(F)(F)F. The third-order valence-corrected chi connectivity index (χ3v) is 5.55. The second-order valence-electron chi connectivity index (χ2n) is 5.18. The highest BCUT2D eigenvalue weighted by Crippen LogP contribution is 2.34. The molecule has 0 N–H and O–H groups in total. The summed E-state index contributed by atoms with van der Waals surface area (Å²) >= 11 is 0. The second-order valence-corrected chi connectivity index (χ2v) is 7.41. The first kappa shape index (κ1) is 14.6. The van der Waals surface area contributed by atoms with E-state index in [-0.39, 0.29) is 24.5 Å². The average Bonchev–Trinajstić information content (AvgIpc) is 2.75. The van der Waals surface area contributed by atoms with Crippen LogP contribution in [0, 0.1) is 5.92 Å². The molecule has 0 aromatic rings. The maximum absolute atomic E-state index is 12.8. The Balaban J connectivity index is 2.11. The van der Waals surface area contributed by atoms with Crippen LogP contribution in [-0.2, 0) is 14.6 Å². The maximum atomic E-state index is 12.8. The van der Waals surface area contributed by atoms with Crippen LogP contribution in [-0.4, -0.2) is 49.5 Å². The second kappa shape index (κ2) is 4.96. The highest BCUT2D eigenvalue weighted by Gasteiger charge is 2.49. The molecule has 2 aliphatic heterocycles. The molecule has 19 heavy (non-hydrogen) atoms. The minimum absolute atomic E-state index is 0.0273. The van der Waals surface area contributed by atoms with Crippen LogP contribution in [0.25, 0.3) is 0 Å². The Hall–Kier alpha value is -0.790. The predicted octanol–water partition coefficient (Wildman–Crippen LogP) is 1.36. The molecule has 2 fully saturated rings. The smallest absolute Gasteiger partial charge is 0.330 e. The summed E-state index contributed by atoms with van der Waals surface area (Å²) in [5.41, 5.74) is 0. The molecule has 1 amide bonds. The summed E-state index contributed by atoms with van der Waals surface area (Å²) in [6, 6.07) is -1.75. The molecular weight excluding hydrogens is 283 g/mol. The van der Waals surface area contributed by atoms with Crippen molar-refractivity contribution in [2.24, 2.45) is 5.92 Å². The zero-order chi connectivity index (χ0) is 14.3. The minimum atomic E-state index is -4.43. The number of carbonyl (C=O) groups excluding carboxylic acids is 1. The van der Waals surface area contributed by atoms with Crippen LogP contribution in [0.3, 0.4) is 0 Å². The summed E-state index contributed by atoms with van der Waals surface area (Å²) in [6.07, 6.45) is -3.49. The van der Waals surface area contributed by atoms with E-state index in [1.807, 2.05) is 0 Å². The van der Waals surface area contributed by atoms with E-state index in [0.29, 0.717) is 19.3 Å². The molecule has 110 valence electrons. The fourth-order valence-electron chi connectivity index (χ4n) is 2.82. The molecule has 2 rings (SSSR count). The molecular formula is C11H16F3NO3S. The van der Waals surface area contributed by atoms with Gasteiger partial charge in [0, 0.05) is 6.54 Å². The van der Waals surface area contributed by atoms with Crippen LogP contribution in [0.1, 0.15) is 25.7 Å². The van der Waals surface area contributed by atoms with Crippen LogP contribution < -0.4 is 0 Å². The summed E-state index contributed by atoms with van der Waals surface area (Å²) in [4.78, 5) is 12.9. The molecule has 2 heterocycles. The van der Waals surface area contributed by atoms with Gasteiger partial charge in [0.15, 0.2) is 9.84 Å². The summed E-state index contributed by atoms with van der Waals surface area (Å²) in [5.74, 6) is -1.74. The first-order valence-corrected chi connectivity index (χ1v) is 8.10. The summed E-state index contributed by atoms with van der Waals surface area (Å²) in [6.45, 7) is 0.0690. The van der Waals surface area contributed by atoms with Gasteiger partial charge >= 0.3 is 6.18 Å². The quantitative estimate of drug-likeness (QED) is 0.735. The molecule has 1 unspecified atom stereocenters. The van der Waals surface area contributed by atoms with E-state index in [4.69, 9.17) is 0 Å². The largest absolute Gasteiger partial charge is 0.408 e. The Bertz CT molecular complexity index is 460. The third kappa shape index (κ3) is 3.21. The van der Waals surface area contributed by atoms with Crippen LogP contribution in [0.2, 0.25) is 0 Å². The fraction of sp³-hybridized carbons (Fsp3) is 0.909. The number of sulfone groups is 1. The van der Waals surface area contributed by atoms with Crippen molar-refractivity contribution >= 4 is 15.7 Å². The number of likely N-dealkylation sites (tertiary alicyclic amines) is 1. The molecule has 0 aliphatic carbocycles. The zero-order valence-electron chi connectivity index (χ0n) is 10.3. The van der Waals surface area contributed by atoms with Gasteiger partial charge in [0.05, 0.1) is 17.4 Å². The van der Waals surface area contributed by atoms with Crippen LogP contribution in [0.15, 0.2) is 0 Å². The summed E-state index contributed by atoms with van der Waals surface area (Å²) < 4.78 is 61.3. The molecule has 2 atom stereocenters. The van der Waals surface area contributed by atoms with Crippen LogP contribution >= 0.6 is 0 Å². The molecule has 0 aromatic carbocycles. The van der Waals surface area contributed by atoms with Gasteiger partial charge in [-0.15, -0.1) is 0 Å².